The van der Waals surface area contributed by atoms with Crippen molar-refractivity contribution in [3.63, 3.8) is 0 Å². The maximum absolute atomic E-state index is 12.8. The van der Waals surface area contributed by atoms with E-state index >= 15 is 0 Å². The molecule has 0 aliphatic carbocycles. The molecule has 0 unspecified atom stereocenters. The molecular formula is C23H19N3O4. The molecular weight excluding hydrogens is 382 g/mol. The van der Waals surface area contributed by atoms with E-state index in [1.165, 1.54) is 17.0 Å². The zero-order valence-corrected chi connectivity index (χ0v) is 16.2. The summed E-state index contributed by atoms with van der Waals surface area (Å²) in [7, 11) is 0. The number of imide groups is 1. The summed E-state index contributed by atoms with van der Waals surface area (Å²) in [4.78, 5) is 37.3. The van der Waals surface area contributed by atoms with Gasteiger partial charge in [0.15, 0.2) is 0 Å². The number of hydrogen-bond donors (Lipinski definition) is 2. The lowest BCUT2D eigenvalue weighted by Crippen LogP contribution is -2.30. The fourth-order valence-corrected chi connectivity index (χ4v) is 3.25. The Kier molecular flexibility index (Phi) is 4.93. The van der Waals surface area contributed by atoms with Gasteiger partial charge in [0.05, 0.1) is 12.1 Å². The number of benzene rings is 2. The summed E-state index contributed by atoms with van der Waals surface area (Å²) in [5.74, 6) is -1.39. The Labute approximate surface area is 172 Å². The number of hydrogen-bond acceptors (Lipinski definition) is 3. The summed E-state index contributed by atoms with van der Waals surface area (Å²) in [5, 5.41) is 11.7. The first kappa shape index (κ1) is 19.2. The van der Waals surface area contributed by atoms with Crippen LogP contribution in [0, 0.1) is 6.92 Å². The highest BCUT2D eigenvalue weighted by atomic mass is 16.4. The van der Waals surface area contributed by atoms with Crippen LogP contribution in [0.1, 0.15) is 27.2 Å². The maximum Gasteiger partial charge on any atom is 0.335 e. The number of carbonyl (C=O) groups excluding carboxylic acids is 2. The molecule has 3 aromatic rings. The Morgan fingerprint density at radius 3 is 2.40 bits per heavy atom. The van der Waals surface area contributed by atoms with Crippen molar-refractivity contribution < 1.29 is 19.5 Å². The molecule has 1 aliphatic rings. The minimum absolute atomic E-state index is 0.189. The van der Waals surface area contributed by atoms with Crippen LogP contribution in [0.4, 0.5) is 4.79 Å². The largest absolute Gasteiger partial charge is 0.478 e. The van der Waals surface area contributed by atoms with Crippen molar-refractivity contribution in [3.8, 4) is 5.69 Å². The van der Waals surface area contributed by atoms with Crippen molar-refractivity contribution in [2.75, 3.05) is 0 Å². The summed E-state index contributed by atoms with van der Waals surface area (Å²) in [6.45, 7) is 2.17. The van der Waals surface area contributed by atoms with Crippen LogP contribution in [0.15, 0.2) is 72.6 Å². The number of carboxylic acids is 1. The highest BCUT2D eigenvalue weighted by molar-refractivity contribution is 6.13. The molecule has 2 N–H and O–H groups in total. The average Bonchev–Trinajstić information content (AvgIpc) is 3.30. The minimum Gasteiger partial charge on any atom is -0.478 e. The van der Waals surface area contributed by atoms with E-state index in [4.69, 9.17) is 5.11 Å². The van der Waals surface area contributed by atoms with Gasteiger partial charge >= 0.3 is 12.0 Å². The van der Waals surface area contributed by atoms with Gasteiger partial charge in [-0.15, -0.1) is 0 Å². The van der Waals surface area contributed by atoms with E-state index in [1.54, 1.807) is 35.0 Å². The van der Waals surface area contributed by atoms with Crippen molar-refractivity contribution in [1.29, 1.82) is 0 Å². The number of aryl methyl sites for hydroxylation is 1. The van der Waals surface area contributed by atoms with E-state index in [-0.39, 0.29) is 17.8 Å². The number of nitrogens with one attached hydrogen (secondary N) is 1. The Morgan fingerprint density at radius 2 is 1.73 bits per heavy atom. The standard InChI is InChI=1S/C23H19N3O4/c1-15-4-6-16(7-5-15)14-26-21(27)20(24-23(26)30)13-19-3-2-12-25(19)18-10-8-17(9-11-18)22(28)29/h2-13H,14H2,1H3,(H,24,30)(H,28,29)/b20-13-. The van der Waals surface area contributed by atoms with E-state index in [9.17, 15) is 14.4 Å². The van der Waals surface area contributed by atoms with Gasteiger partial charge in [0, 0.05) is 17.6 Å². The Bertz CT molecular complexity index is 1160. The lowest BCUT2D eigenvalue weighted by molar-refractivity contribution is -0.123. The molecule has 2 heterocycles. The summed E-state index contributed by atoms with van der Waals surface area (Å²) in [6.07, 6.45) is 3.41. The van der Waals surface area contributed by atoms with Crippen LogP contribution in [-0.4, -0.2) is 32.5 Å². The molecule has 0 atom stereocenters. The molecule has 3 amide bonds. The second kappa shape index (κ2) is 7.71. The number of nitrogens with zero attached hydrogens (tertiary/aromatic N) is 2. The summed E-state index contributed by atoms with van der Waals surface area (Å²) < 4.78 is 1.81. The summed E-state index contributed by atoms with van der Waals surface area (Å²) in [5.41, 5.74) is 3.77. The molecule has 0 spiro atoms. The molecule has 30 heavy (non-hydrogen) atoms. The number of aromatic carboxylic acids is 1. The maximum atomic E-state index is 12.8. The highest BCUT2D eigenvalue weighted by Gasteiger charge is 2.33. The predicted octanol–water partition coefficient (Wildman–Crippen LogP) is 3.58. The van der Waals surface area contributed by atoms with Crippen molar-refractivity contribution in [2.45, 2.75) is 13.5 Å². The molecule has 0 radical (unpaired) electrons. The minimum atomic E-state index is -0.996. The first-order valence-electron chi connectivity index (χ1n) is 9.33. The van der Waals surface area contributed by atoms with Crippen LogP contribution in [-0.2, 0) is 11.3 Å². The monoisotopic (exact) mass is 401 g/mol. The Morgan fingerprint density at radius 1 is 1.03 bits per heavy atom. The van der Waals surface area contributed by atoms with Crippen LogP contribution in [0.2, 0.25) is 0 Å². The Hall–Kier alpha value is -4.13. The van der Waals surface area contributed by atoms with Gasteiger partial charge in [0.2, 0.25) is 0 Å². The van der Waals surface area contributed by atoms with Gasteiger partial charge in [-0.25, -0.2) is 9.59 Å². The summed E-state index contributed by atoms with van der Waals surface area (Å²) >= 11 is 0. The molecule has 7 nitrogen and oxygen atoms in total. The van der Waals surface area contributed by atoms with Gasteiger partial charge in [-0.3, -0.25) is 9.69 Å². The van der Waals surface area contributed by atoms with Gasteiger partial charge < -0.3 is 15.0 Å². The molecule has 0 saturated carbocycles. The number of aromatic nitrogens is 1. The van der Waals surface area contributed by atoms with Crippen LogP contribution in [0.5, 0.6) is 0 Å². The second-order valence-electron chi connectivity index (χ2n) is 7.02. The lowest BCUT2D eigenvalue weighted by atomic mass is 10.1. The van der Waals surface area contributed by atoms with Crippen LogP contribution >= 0.6 is 0 Å². The van der Waals surface area contributed by atoms with Crippen LogP contribution in [0.3, 0.4) is 0 Å². The van der Waals surface area contributed by atoms with E-state index in [0.717, 1.165) is 16.8 Å². The van der Waals surface area contributed by atoms with Crippen molar-refractivity contribution in [2.24, 2.45) is 0 Å². The summed E-state index contributed by atoms with van der Waals surface area (Å²) in [6, 6.07) is 17.2. The Balaban J connectivity index is 1.58. The third kappa shape index (κ3) is 3.73. The lowest BCUT2D eigenvalue weighted by Gasteiger charge is -2.12. The quantitative estimate of drug-likeness (QED) is 0.505. The third-order valence-electron chi connectivity index (χ3n) is 4.89. The number of amides is 3. The van der Waals surface area contributed by atoms with Crippen molar-refractivity contribution in [1.82, 2.24) is 14.8 Å². The molecule has 1 aliphatic heterocycles. The number of rotatable bonds is 5. The van der Waals surface area contributed by atoms with Crippen molar-refractivity contribution >= 4 is 24.0 Å². The molecule has 150 valence electrons. The first-order chi connectivity index (χ1) is 14.4. The molecule has 7 heteroatoms. The fraction of sp³-hybridized carbons (Fsp3) is 0.0870. The smallest absolute Gasteiger partial charge is 0.335 e. The van der Waals surface area contributed by atoms with Crippen LogP contribution in [0.25, 0.3) is 11.8 Å². The first-order valence-corrected chi connectivity index (χ1v) is 9.33. The molecule has 1 fully saturated rings. The van der Waals surface area contributed by atoms with E-state index < -0.39 is 17.9 Å². The normalized spacial score (nSPS) is 15.0. The van der Waals surface area contributed by atoms with Gasteiger partial charge in [-0.1, -0.05) is 29.8 Å². The van der Waals surface area contributed by atoms with Crippen LogP contribution < -0.4 is 5.32 Å². The van der Waals surface area contributed by atoms with Gasteiger partial charge in [-0.2, -0.15) is 0 Å². The van der Waals surface area contributed by atoms with E-state index in [0.29, 0.717) is 5.69 Å². The SMILES string of the molecule is Cc1ccc(CN2C(=O)N/C(=C\c3cccn3-c3ccc(C(=O)O)cc3)C2=O)cc1. The number of carboxylic acid groups (broad SMARTS) is 1. The predicted molar refractivity (Wildman–Crippen MR) is 111 cm³/mol. The zero-order valence-electron chi connectivity index (χ0n) is 16.2. The second-order valence-corrected chi connectivity index (χ2v) is 7.02. The van der Waals surface area contributed by atoms with Gasteiger partial charge in [-0.05, 0) is 55.0 Å². The van der Waals surface area contributed by atoms with Crippen molar-refractivity contribution in [3.05, 3.63) is 94.9 Å². The zero-order chi connectivity index (χ0) is 21.3. The van der Waals surface area contributed by atoms with Gasteiger partial charge in [0.1, 0.15) is 5.70 Å². The van der Waals surface area contributed by atoms with E-state index in [2.05, 4.69) is 5.32 Å². The third-order valence-corrected chi connectivity index (χ3v) is 4.89. The molecule has 0 bridgehead atoms. The highest BCUT2D eigenvalue weighted by Crippen LogP contribution is 2.20. The molecule has 1 saturated heterocycles. The topological polar surface area (TPSA) is 91.6 Å². The molecule has 2 aromatic carbocycles. The number of carbonyl (C=O) groups is 3. The molecule has 1 aromatic heterocycles. The average molecular weight is 401 g/mol. The van der Waals surface area contributed by atoms with Gasteiger partial charge in [0.25, 0.3) is 5.91 Å². The number of urea groups is 1. The molecule has 4 rings (SSSR count). The fourth-order valence-electron chi connectivity index (χ4n) is 3.25. The van der Waals surface area contributed by atoms with E-state index in [1.807, 2.05) is 37.3 Å².